The zero-order valence-corrected chi connectivity index (χ0v) is 14.4. The van der Waals surface area contributed by atoms with Gasteiger partial charge in [-0.15, -0.1) is 0 Å². The average molecular weight is 344 g/mol. The summed E-state index contributed by atoms with van der Waals surface area (Å²) in [5.74, 6) is 1.51. The highest BCUT2D eigenvalue weighted by molar-refractivity contribution is 5.80. The van der Waals surface area contributed by atoms with Gasteiger partial charge in [0, 0.05) is 19.3 Å². The molecule has 0 saturated heterocycles. The van der Waals surface area contributed by atoms with E-state index in [1.54, 1.807) is 7.11 Å². The summed E-state index contributed by atoms with van der Waals surface area (Å²) in [6, 6.07) is 17.1. The van der Waals surface area contributed by atoms with E-state index in [2.05, 4.69) is 10.6 Å². The Bertz CT molecular complexity index is 617. The molecule has 0 aromatic heterocycles. The van der Waals surface area contributed by atoms with Gasteiger partial charge in [0.2, 0.25) is 5.91 Å². The number of nitrogens with one attached hydrogen (secondary N) is 2. The number of hydrogen-bond acceptors (Lipinski definition) is 5. The minimum atomic E-state index is -0.0737. The molecular formula is C19H24N2O4. The van der Waals surface area contributed by atoms with Crippen LogP contribution in [0.15, 0.2) is 54.6 Å². The molecule has 0 unspecified atom stereocenters. The van der Waals surface area contributed by atoms with Gasteiger partial charge in [-0.1, -0.05) is 18.2 Å². The summed E-state index contributed by atoms with van der Waals surface area (Å²) in [6.45, 7) is 2.17. The highest BCUT2D eigenvalue weighted by atomic mass is 16.5. The Morgan fingerprint density at radius 2 is 1.52 bits per heavy atom. The number of carbonyl (C=O) groups is 1. The van der Waals surface area contributed by atoms with E-state index >= 15 is 0 Å². The number of ether oxygens (including phenoxy) is 3. The molecule has 0 aliphatic carbocycles. The molecule has 0 radical (unpaired) electrons. The summed E-state index contributed by atoms with van der Waals surface area (Å²) in [7, 11) is 1.60. The first-order chi connectivity index (χ1) is 12.3. The monoisotopic (exact) mass is 344 g/mol. The van der Waals surface area contributed by atoms with Gasteiger partial charge in [-0.2, -0.15) is 0 Å². The molecule has 1 amide bonds. The molecule has 0 fully saturated rings. The van der Waals surface area contributed by atoms with Crippen molar-refractivity contribution in [2.75, 3.05) is 45.3 Å². The van der Waals surface area contributed by atoms with E-state index in [-0.39, 0.29) is 12.5 Å². The molecule has 134 valence electrons. The van der Waals surface area contributed by atoms with Gasteiger partial charge in [-0.05, 0) is 36.4 Å². The normalized spacial score (nSPS) is 10.1. The van der Waals surface area contributed by atoms with Crippen molar-refractivity contribution >= 4 is 11.6 Å². The van der Waals surface area contributed by atoms with Gasteiger partial charge in [0.15, 0.2) is 0 Å². The van der Waals surface area contributed by atoms with Crippen molar-refractivity contribution in [1.82, 2.24) is 5.32 Å². The molecule has 0 saturated carbocycles. The predicted octanol–water partition coefficient (Wildman–Crippen LogP) is 2.32. The molecule has 2 aromatic rings. The number of rotatable bonds is 11. The van der Waals surface area contributed by atoms with Gasteiger partial charge in [-0.3, -0.25) is 4.79 Å². The lowest BCUT2D eigenvalue weighted by molar-refractivity contribution is -0.119. The van der Waals surface area contributed by atoms with Crippen molar-refractivity contribution in [1.29, 1.82) is 0 Å². The first-order valence-corrected chi connectivity index (χ1v) is 8.18. The van der Waals surface area contributed by atoms with Crippen LogP contribution in [0.25, 0.3) is 0 Å². The highest BCUT2D eigenvalue weighted by Crippen LogP contribution is 2.15. The molecule has 25 heavy (non-hydrogen) atoms. The lowest BCUT2D eigenvalue weighted by Gasteiger charge is -2.10. The Labute approximate surface area is 148 Å². The van der Waals surface area contributed by atoms with Crippen molar-refractivity contribution in [3.05, 3.63) is 54.6 Å². The molecule has 0 aliphatic rings. The molecule has 0 heterocycles. The maximum absolute atomic E-state index is 11.6. The number of methoxy groups -OCH3 is 1. The fourth-order valence-electron chi connectivity index (χ4n) is 2.04. The second-order valence-electron chi connectivity index (χ2n) is 5.23. The van der Waals surface area contributed by atoms with Gasteiger partial charge < -0.3 is 24.8 Å². The third-order valence-electron chi connectivity index (χ3n) is 3.30. The summed E-state index contributed by atoms with van der Waals surface area (Å²) in [4.78, 5) is 11.6. The van der Waals surface area contributed by atoms with Crippen LogP contribution >= 0.6 is 0 Å². The van der Waals surface area contributed by atoms with E-state index in [4.69, 9.17) is 14.2 Å². The van der Waals surface area contributed by atoms with Gasteiger partial charge in [0.1, 0.15) is 24.7 Å². The topological polar surface area (TPSA) is 68.8 Å². The molecule has 6 nitrogen and oxygen atoms in total. The smallest absolute Gasteiger partial charge is 0.239 e. The van der Waals surface area contributed by atoms with Gasteiger partial charge >= 0.3 is 0 Å². The highest BCUT2D eigenvalue weighted by Gasteiger charge is 2.01. The number of para-hydroxylation sites is 1. The zero-order valence-electron chi connectivity index (χ0n) is 14.4. The Morgan fingerprint density at radius 1 is 0.880 bits per heavy atom. The Kier molecular flexibility index (Phi) is 8.14. The van der Waals surface area contributed by atoms with Crippen LogP contribution in [0.3, 0.4) is 0 Å². The molecule has 2 rings (SSSR count). The van der Waals surface area contributed by atoms with E-state index < -0.39 is 0 Å². The fourth-order valence-corrected chi connectivity index (χ4v) is 2.04. The van der Waals surface area contributed by atoms with Gasteiger partial charge in [0.25, 0.3) is 0 Å². The molecule has 2 N–H and O–H groups in total. The molecule has 6 heteroatoms. The first-order valence-electron chi connectivity index (χ1n) is 8.18. The molecule has 0 bridgehead atoms. The SMILES string of the molecule is COCCNC(=O)CNc1ccc(OCCOc2ccccc2)cc1. The minimum Gasteiger partial charge on any atom is -0.490 e. The molecule has 0 aliphatic heterocycles. The van der Waals surface area contributed by atoms with E-state index in [0.29, 0.717) is 26.4 Å². The van der Waals surface area contributed by atoms with E-state index in [9.17, 15) is 4.79 Å². The standard InChI is InChI=1S/C19H24N2O4/c1-23-12-11-20-19(22)15-21-16-7-9-18(10-8-16)25-14-13-24-17-5-3-2-4-6-17/h2-10,21H,11-15H2,1H3,(H,20,22). The maximum atomic E-state index is 11.6. The number of anilines is 1. The first kappa shape index (κ1) is 18.6. The summed E-state index contributed by atoms with van der Waals surface area (Å²) in [5, 5.41) is 5.80. The van der Waals surface area contributed by atoms with Crippen molar-refractivity contribution in [3.8, 4) is 11.5 Å². The summed E-state index contributed by atoms with van der Waals surface area (Å²) in [6.07, 6.45) is 0. The van der Waals surface area contributed by atoms with Crippen LogP contribution in [-0.2, 0) is 9.53 Å². The molecule has 0 spiro atoms. The fraction of sp³-hybridized carbons (Fsp3) is 0.316. The van der Waals surface area contributed by atoms with Crippen molar-refractivity contribution in [2.45, 2.75) is 0 Å². The van der Waals surface area contributed by atoms with E-state index in [1.165, 1.54) is 0 Å². The minimum absolute atomic E-state index is 0.0737. The van der Waals surface area contributed by atoms with Crippen LogP contribution < -0.4 is 20.1 Å². The second-order valence-corrected chi connectivity index (χ2v) is 5.23. The largest absolute Gasteiger partial charge is 0.490 e. The number of carbonyl (C=O) groups excluding carboxylic acids is 1. The molecule has 0 atom stereocenters. The third kappa shape index (κ3) is 7.58. The van der Waals surface area contributed by atoms with E-state index in [1.807, 2.05) is 54.6 Å². The summed E-state index contributed by atoms with van der Waals surface area (Å²) in [5.41, 5.74) is 0.856. The maximum Gasteiger partial charge on any atom is 0.239 e. The quantitative estimate of drug-likeness (QED) is 0.612. The third-order valence-corrected chi connectivity index (χ3v) is 3.30. The average Bonchev–Trinajstić information content (AvgIpc) is 2.65. The van der Waals surface area contributed by atoms with Crippen LogP contribution in [0.4, 0.5) is 5.69 Å². The predicted molar refractivity (Wildman–Crippen MR) is 97.2 cm³/mol. The van der Waals surface area contributed by atoms with Gasteiger partial charge in [0.05, 0.1) is 13.2 Å². The van der Waals surface area contributed by atoms with E-state index in [0.717, 1.165) is 17.2 Å². The Morgan fingerprint density at radius 3 is 2.16 bits per heavy atom. The van der Waals surface area contributed by atoms with Crippen LogP contribution in [0.5, 0.6) is 11.5 Å². The Balaban J connectivity index is 1.63. The van der Waals surface area contributed by atoms with Crippen LogP contribution in [-0.4, -0.2) is 45.9 Å². The molecule has 2 aromatic carbocycles. The summed E-state index contributed by atoms with van der Waals surface area (Å²) < 4.78 is 16.1. The van der Waals surface area contributed by atoms with Crippen molar-refractivity contribution in [2.24, 2.45) is 0 Å². The summed E-state index contributed by atoms with van der Waals surface area (Å²) >= 11 is 0. The number of amides is 1. The number of benzene rings is 2. The van der Waals surface area contributed by atoms with Crippen molar-refractivity contribution < 1.29 is 19.0 Å². The lowest BCUT2D eigenvalue weighted by Crippen LogP contribution is -2.32. The Hall–Kier alpha value is -2.73. The van der Waals surface area contributed by atoms with Crippen LogP contribution in [0, 0.1) is 0 Å². The number of hydrogen-bond donors (Lipinski definition) is 2. The second kappa shape index (κ2) is 10.9. The van der Waals surface area contributed by atoms with Crippen LogP contribution in [0.1, 0.15) is 0 Å². The van der Waals surface area contributed by atoms with Gasteiger partial charge in [-0.25, -0.2) is 0 Å². The van der Waals surface area contributed by atoms with Crippen LogP contribution in [0.2, 0.25) is 0 Å². The zero-order chi connectivity index (χ0) is 17.7. The van der Waals surface area contributed by atoms with Crippen molar-refractivity contribution in [3.63, 3.8) is 0 Å². The lowest BCUT2D eigenvalue weighted by atomic mass is 10.3. The molecular weight excluding hydrogens is 320 g/mol.